The summed E-state index contributed by atoms with van der Waals surface area (Å²) in [7, 11) is 0. The van der Waals surface area contributed by atoms with Gasteiger partial charge in [-0.05, 0) is 25.2 Å². The molecule has 0 aromatic carbocycles. The Kier molecular flexibility index (Phi) is 7.81. The number of hydrogen-bond acceptors (Lipinski definition) is 6. The summed E-state index contributed by atoms with van der Waals surface area (Å²) in [6.45, 7) is 15.7. The van der Waals surface area contributed by atoms with Crippen LogP contribution in [-0.2, 0) is 17.0 Å². The van der Waals surface area contributed by atoms with Crippen molar-refractivity contribution in [2.45, 2.75) is 71.4 Å². The van der Waals surface area contributed by atoms with Gasteiger partial charge in [-0.1, -0.05) is 20.4 Å². The van der Waals surface area contributed by atoms with Crippen LogP contribution < -0.4 is 16.0 Å². The fourth-order valence-corrected chi connectivity index (χ4v) is 5.86. The first-order valence-electron chi connectivity index (χ1n) is 12.7. The predicted octanol–water partition coefficient (Wildman–Crippen LogP) is 5.47. The third kappa shape index (κ3) is 5.24. The zero-order chi connectivity index (χ0) is 24.3. The second kappa shape index (κ2) is 10.6. The molecule has 1 aromatic heterocycles. The van der Waals surface area contributed by atoms with Crippen molar-refractivity contribution >= 4 is 16.0 Å². The zero-order valence-electron chi connectivity index (χ0n) is 20.8. The van der Waals surface area contributed by atoms with Crippen LogP contribution in [-0.4, -0.2) is 31.4 Å². The molecule has 2 saturated carbocycles. The standard InChI is InChI=1S/C25H32N6.C2H6.V/c1-17(12-19-8-9-19)14-26-23-13-24(28-16-27-23)30-22-11-10-21-15-29-25(3,31(21)18(22)2)20-6-4-5-7-20;1-2;/h10-11,13,16,19-20,29H,1-2,4-9,12,14H2,3H3,(H2,26,27,28,30);1-2H3;. The van der Waals surface area contributed by atoms with E-state index in [-0.39, 0.29) is 5.66 Å². The molecule has 181 valence electrons. The third-order valence-corrected chi connectivity index (χ3v) is 7.71. The largest absolute Gasteiger partial charge is 0.0683 e. The van der Waals surface area contributed by atoms with Gasteiger partial charge in [0.1, 0.15) is 0 Å². The second-order valence-electron chi connectivity index (χ2n) is 9.68. The summed E-state index contributed by atoms with van der Waals surface area (Å²) in [6, 6.07) is 1.95. The quantitative estimate of drug-likeness (QED) is 0.414. The second-order valence-corrected chi connectivity index (χ2v) is 10.4. The van der Waals surface area contributed by atoms with Gasteiger partial charge in [0.05, 0.1) is 0 Å². The summed E-state index contributed by atoms with van der Waals surface area (Å²) < 4.78 is 1.16. The van der Waals surface area contributed by atoms with E-state index in [9.17, 15) is 0 Å². The number of nitrogens with one attached hydrogen (secondary N) is 3. The third-order valence-electron chi connectivity index (χ3n) is 7.18. The van der Waals surface area contributed by atoms with Crippen molar-refractivity contribution in [2.24, 2.45) is 11.8 Å². The Labute approximate surface area is 213 Å². The molecular formula is C27H38N6V. The number of hydrogen-bond donors (Lipinski definition) is 3. The molecule has 6 nitrogen and oxygen atoms in total. The maximum Gasteiger partial charge on any atom is -0.0277 e. The molecule has 1 saturated heterocycles. The molecule has 0 amide bonds. The monoisotopic (exact) mass is 497 g/mol. The van der Waals surface area contributed by atoms with Crippen molar-refractivity contribution in [1.82, 2.24) is 20.2 Å². The van der Waals surface area contributed by atoms with Gasteiger partial charge in [-0.2, -0.15) is 0 Å². The number of allylic oxidation sites excluding steroid dienone is 2. The van der Waals surface area contributed by atoms with Crippen molar-refractivity contribution in [3.05, 3.63) is 60.4 Å². The van der Waals surface area contributed by atoms with Gasteiger partial charge >= 0.3 is 168 Å². The Hall–Kier alpha value is -2.15. The molecule has 0 spiro atoms. The average molecular weight is 498 g/mol. The summed E-state index contributed by atoms with van der Waals surface area (Å²) >= 11 is 2.69. The van der Waals surface area contributed by atoms with Gasteiger partial charge in [-0.3, -0.25) is 0 Å². The van der Waals surface area contributed by atoms with E-state index < -0.39 is 0 Å². The van der Waals surface area contributed by atoms with Crippen LogP contribution in [0.4, 0.5) is 11.6 Å². The van der Waals surface area contributed by atoms with Gasteiger partial charge in [0.15, 0.2) is 0 Å². The fourth-order valence-electron chi connectivity index (χ4n) is 5.24. The van der Waals surface area contributed by atoms with Crippen LogP contribution in [0.5, 0.6) is 0 Å². The topological polar surface area (TPSA) is 65.1 Å². The minimum absolute atomic E-state index is 0.150. The number of aromatic nitrogens is 2. The molecule has 2 aliphatic heterocycles. The molecule has 5 rings (SSSR count). The van der Waals surface area contributed by atoms with E-state index in [1.807, 2.05) is 19.9 Å². The smallest absolute Gasteiger partial charge is 0.0277 e. The van der Waals surface area contributed by atoms with Crippen LogP contribution in [0.2, 0.25) is 0 Å². The Balaban J connectivity index is 0.00000133. The summed E-state index contributed by atoms with van der Waals surface area (Å²) in [6.07, 6.45) is 14.8. The maximum absolute atomic E-state index is 4.47. The van der Waals surface area contributed by atoms with Crippen molar-refractivity contribution in [3.63, 3.8) is 0 Å². The Morgan fingerprint density at radius 2 is 1.88 bits per heavy atom. The number of anilines is 2. The first-order chi connectivity index (χ1) is 16.4. The van der Waals surface area contributed by atoms with Gasteiger partial charge in [0, 0.05) is 0 Å². The van der Waals surface area contributed by atoms with Gasteiger partial charge in [-0.25, -0.2) is 0 Å². The Morgan fingerprint density at radius 1 is 1.18 bits per heavy atom. The van der Waals surface area contributed by atoms with Gasteiger partial charge in [-0.15, -0.1) is 0 Å². The van der Waals surface area contributed by atoms with Crippen LogP contribution in [0.15, 0.2) is 60.4 Å². The van der Waals surface area contributed by atoms with E-state index in [1.165, 1.54) is 49.8 Å². The summed E-state index contributed by atoms with van der Waals surface area (Å²) in [5.41, 5.74) is 4.21. The molecule has 3 fully saturated rings. The SMILES string of the molecule is C=C(CNc1cc(NC2=CC=C3[C](=[V])NC(C)(C4CCCC4)N3C2=C)ncn1)CC1CC1.CC. The van der Waals surface area contributed by atoms with Crippen LogP contribution >= 0.6 is 0 Å². The van der Waals surface area contributed by atoms with Crippen molar-refractivity contribution in [1.29, 1.82) is 0 Å². The zero-order valence-corrected chi connectivity index (χ0v) is 22.2. The normalized spacial score (nSPS) is 24.1. The van der Waals surface area contributed by atoms with Gasteiger partial charge in [0.25, 0.3) is 0 Å². The first-order valence-corrected chi connectivity index (χ1v) is 13.4. The molecule has 3 heterocycles. The minimum Gasteiger partial charge on any atom is -0.0683 e. The van der Waals surface area contributed by atoms with E-state index in [2.05, 4.69) is 80.0 Å². The van der Waals surface area contributed by atoms with Crippen molar-refractivity contribution < 1.29 is 17.0 Å². The molecule has 2 aliphatic carbocycles. The maximum atomic E-state index is 4.47. The van der Waals surface area contributed by atoms with E-state index in [0.717, 1.165) is 46.3 Å². The van der Waals surface area contributed by atoms with Gasteiger partial charge in [0.2, 0.25) is 0 Å². The summed E-state index contributed by atoms with van der Waals surface area (Å²) in [4.78, 5) is 11.2. The molecule has 3 N–H and O–H groups in total. The number of fused-ring (bicyclic) bond motifs is 1. The molecule has 4 aliphatic rings. The van der Waals surface area contributed by atoms with E-state index in [1.54, 1.807) is 6.33 Å². The number of nitrogens with zero attached hydrogens (tertiary/aromatic N) is 3. The first kappa shape index (κ1) is 25.0. The fraction of sp³-hybridized carbons (Fsp3) is 0.519. The average Bonchev–Trinajstić information content (AvgIpc) is 3.37. The van der Waals surface area contributed by atoms with Gasteiger partial charge < -0.3 is 0 Å². The molecular weight excluding hydrogens is 459 g/mol. The Morgan fingerprint density at radius 3 is 2.59 bits per heavy atom. The molecule has 0 radical (unpaired) electrons. The van der Waals surface area contributed by atoms with Crippen LogP contribution in [0.3, 0.4) is 0 Å². The molecule has 0 bridgehead atoms. The Bertz CT molecular complexity index is 1020. The minimum atomic E-state index is -0.150. The molecule has 1 unspecified atom stereocenters. The predicted molar refractivity (Wildman–Crippen MR) is 138 cm³/mol. The molecule has 1 atom stereocenters. The van der Waals surface area contributed by atoms with Crippen molar-refractivity contribution in [2.75, 3.05) is 17.2 Å². The van der Waals surface area contributed by atoms with E-state index >= 15 is 0 Å². The van der Waals surface area contributed by atoms with Crippen LogP contribution in [0, 0.1) is 11.8 Å². The van der Waals surface area contributed by atoms with Crippen LogP contribution in [0.1, 0.15) is 65.7 Å². The summed E-state index contributed by atoms with van der Waals surface area (Å²) in [5, 5.41) is 10.6. The van der Waals surface area contributed by atoms with Crippen molar-refractivity contribution in [3.8, 4) is 0 Å². The summed E-state index contributed by atoms with van der Waals surface area (Å²) in [5.74, 6) is 3.01. The van der Waals surface area contributed by atoms with E-state index in [4.69, 9.17) is 0 Å². The van der Waals surface area contributed by atoms with Crippen LogP contribution in [0.25, 0.3) is 0 Å². The molecule has 1 aromatic rings. The van der Waals surface area contributed by atoms with E-state index in [0.29, 0.717) is 5.92 Å². The molecule has 7 heteroatoms. The number of rotatable bonds is 8. The molecule has 34 heavy (non-hydrogen) atoms.